The van der Waals surface area contributed by atoms with E-state index in [1.807, 2.05) is 84.7 Å². The van der Waals surface area contributed by atoms with E-state index >= 15 is 0 Å². The van der Waals surface area contributed by atoms with Crippen molar-refractivity contribution in [1.29, 1.82) is 0 Å². The predicted molar refractivity (Wildman–Crippen MR) is 269 cm³/mol. The van der Waals surface area contributed by atoms with Crippen LogP contribution < -0.4 is 20.3 Å². The molecule has 0 spiro atoms. The number of hydrogen-bond acceptors (Lipinski definition) is 13. The number of ether oxygens (including phenoxy) is 4. The van der Waals surface area contributed by atoms with Gasteiger partial charge in [0.1, 0.15) is 43.8 Å². The molecule has 0 saturated carbocycles. The first kappa shape index (κ1) is 51.7. The van der Waals surface area contributed by atoms with E-state index in [0.717, 1.165) is 27.4 Å². The van der Waals surface area contributed by atoms with Gasteiger partial charge in [0.2, 0.25) is 29.4 Å². The van der Waals surface area contributed by atoms with Gasteiger partial charge in [0.15, 0.2) is 0 Å². The fourth-order valence-electron chi connectivity index (χ4n) is 9.07. The molecule has 3 aliphatic heterocycles. The average molecular weight is 1030 g/mol. The van der Waals surface area contributed by atoms with Crippen LogP contribution in [0.15, 0.2) is 91.0 Å². The molecule has 71 heavy (non-hydrogen) atoms. The first-order chi connectivity index (χ1) is 34.0. The molecule has 6 atom stereocenters. The maximum absolute atomic E-state index is 14.1. The number of thiazole rings is 1. The minimum Gasteiger partial charge on any atom is -0.491 e. The Hall–Kier alpha value is -5.60. The fraction of sp³-hybridized carbons (Fsp3) is 0.451. The van der Waals surface area contributed by atoms with Gasteiger partial charge in [-0.1, -0.05) is 74.3 Å². The summed E-state index contributed by atoms with van der Waals surface area (Å²) < 4.78 is 26.4. The van der Waals surface area contributed by atoms with E-state index in [1.54, 1.807) is 61.7 Å². The first-order valence-corrected chi connectivity index (χ1v) is 25.2. The molecule has 0 bridgehead atoms. The number of benzene rings is 3. The van der Waals surface area contributed by atoms with E-state index < -0.39 is 53.7 Å². The summed E-state index contributed by atoms with van der Waals surface area (Å²) in [5, 5.41) is 17.4. The van der Waals surface area contributed by atoms with Gasteiger partial charge in [0.25, 0.3) is 0 Å². The number of β-amino-alcohol motifs (C(OH)–C–C–N with tert-alkyl or cyclic N) is 1. The molecule has 5 aromatic rings. The van der Waals surface area contributed by atoms with Gasteiger partial charge in [-0.05, 0) is 66.8 Å². The van der Waals surface area contributed by atoms with Gasteiger partial charge in [-0.2, -0.15) is 0 Å². The molecular weight excluding hydrogens is 972 g/mol. The number of nitrogens with one attached hydrogen (secondary N) is 2. The molecule has 3 N–H and O–H groups in total. The highest BCUT2D eigenvalue weighted by molar-refractivity contribution is 7.13. The first-order valence-electron chi connectivity index (χ1n) is 23.6. The number of carbonyl (C=O) groups excluding carboxylic acids is 4. The number of halogens is 2. The molecule has 3 aliphatic rings. The van der Waals surface area contributed by atoms with Crippen molar-refractivity contribution in [2.24, 2.45) is 5.41 Å². The van der Waals surface area contributed by atoms with Gasteiger partial charge in [-0.25, -0.2) is 9.97 Å². The molecule has 20 heteroatoms. The minimum absolute atomic E-state index is 0.0554. The summed E-state index contributed by atoms with van der Waals surface area (Å²) in [6.07, 6.45) is 3.97. The zero-order valence-corrected chi connectivity index (χ0v) is 42.7. The van der Waals surface area contributed by atoms with Gasteiger partial charge < -0.3 is 54.0 Å². The maximum Gasteiger partial charge on any atom is 0.248 e. The number of hydrogen-bond donors (Lipinski definition) is 3. The van der Waals surface area contributed by atoms with Crippen LogP contribution in [0.2, 0.25) is 10.0 Å². The second kappa shape index (κ2) is 22.4. The van der Waals surface area contributed by atoms with Crippen molar-refractivity contribution in [3.63, 3.8) is 0 Å². The molecule has 8 rings (SSSR count). The van der Waals surface area contributed by atoms with Crippen molar-refractivity contribution in [2.45, 2.75) is 83.7 Å². The number of nitrogens with zero attached hydrogens (tertiary/aromatic N) is 6. The molecular formula is C51H60Cl2N8O9S. The van der Waals surface area contributed by atoms with E-state index in [4.69, 9.17) is 42.1 Å². The zero-order valence-electron chi connectivity index (χ0n) is 40.4. The number of amides is 4. The molecule has 2 aromatic heterocycles. The number of aryl methyl sites for hydroxylation is 1. The Labute approximate surface area is 427 Å². The highest BCUT2D eigenvalue weighted by Crippen LogP contribution is 2.41. The minimum atomic E-state index is -1.16. The number of aliphatic hydroxyl groups is 1. The Morgan fingerprint density at radius 1 is 0.986 bits per heavy atom. The lowest BCUT2D eigenvalue weighted by molar-refractivity contribution is -0.189. The quantitative estimate of drug-likeness (QED) is 0.0987. The van der Waals surface area contributed by atoms with E-state index in [2.05, 4.69) is 25.5 Å². The Bertz CT molecular complexity index is 2640. The number of rotatable bonds is 17. The summed E-state index contributed by atoms with van der Waals surface area (Å²) >= 11 is 14.4. The van der Waals surface area contributed by atoms with Crippen LogP contribution in [-0.4, -0.2) is 137 Å². The van der Waals surface area contributed by atoms with Crippen molar-refractivity contribution in [3.05, 3.63) is 118 Å². The van der Waals surface area contributed by atoms with Crippen LogP contribution in [0.25, 0.3) is 10.4 Å². The van der Waals surface area contributed by atoms with E-state index in [9.17, 15) is 24.3 Å². The number of imidazole rings is 1. The van der Waals surface area contributed by atoms with Crippen LogP contribution in [0.5, 0.6) is 5.75 Å². The standard InChI is InChI=1S/C51H60Cl2N8O9S/c1-32(34-6-8-35(9-7-34)46-33(2)55-31-71-46)56-48(65)43-23-38(62)24-61(43)49(66)47(50(3,4)5)57-44(63)27-67-28-45(64)60-20-18-59(19-21-60)37-11-13-39(14-12-37)68-25-40-26-69-51(70-40,29-58-17-16-54-30-58)41-15-10-36(52)22-42(41)53/h6-17,22,30-32,38,40,43,47,62H,18-21,23-29H2,1-5H3,(H,56,65)(H,57,63)/t32-,38+,40-,43-,47+,51-/m0/s1. The van der Waals surface area contributed by atoms with Crippen molar-refractivity contribution in [1.82, 2.24) is 35.0 Å². The number of piperazine rings is 1. The summed E-state index contributed by atoms with van der Waals surface area (Å²) in [6.45, 7) is 11.4. The van der Waals surface area contributed by atoms with Crippen LogP contribution in [-0.2, 0) is 45.7 Å². The highest BCUT2D eigenvalue weighted by Gasteiger charge is 2.46. The summed E-state index contributed by atoms with van der Waals surface area (Å²) in [4.78, 5) is 69.1. The fourth-order valence-corrected chi connectivity index (χ4v) is 10.4. The molecule has 4 amide bonds. The van der Waals surface area contributed by atoms with Crippen molar-refractivity contribution in [3.8, 4) is 16.2 Å². The van der Waals surface area contributed by atoms with Gasteiger partial charge in [0.05, 0.1) is 52.7 Å². The Balaban J connectivity index is 0.766. The molecule has 3 aromatic carbocycles. The number of likely N-dealkylation sites (tertiary alicyclic amines) is 1. The van der Waals surface area contributed by atoms with Crippen molar-refractivity contribution in [2.75, 3.05) is 64.1 Å². The predicted octanol–water partition coefficient (Wildman–Crippen LogP) is 6.00. The third-order valence-electron chi connectivity index (χ3n) is 12.9. The lowest BCUT2D eigenvalue weighted by Gasteiger charge is -2.36. The molecule has 3 fully saturated rings. The molecule has 0 radical (unpaired) electrons. The monoisotopic (exact) mass is 1030 g/mol. The molecule has 17 nitrogen and oxygen atoms in total. The molecule has 378 valence electrons. The van der Waals surface area contributed by atoms with Crippen LogP contribution in [0, 0.1) is 12.3 Å². The van der Waals surface area contributed by atoms with Crippen LogP contribution in [0.3, 0.4) is 0 Å². The highest BCUT2D eigenvalue weighted by atomic mass is 35.5. The lowest BCUT2D eigenvalue weighted by Crippen LogP contribution is -2.58. The lowest BCUT2D eigenvalue weighted by atomic mass is 9.85. The summed E-state index contributed by atoms with van der Waals surface area (Å²) in [5.41, 5.74) is 5.55. The van der Waals surface area contributed by atoms with Crippen LogP contribution >= 0.6 is 34.5 Å². The van der Waals surface area contributed by atoms with Crippen LogP contribution in [0.1, 0.15) is 57.0 Å². The summed E-state index contributed by atoms with van der Waals surface area (Å²) in [7, 11) is 0. The normalized spacial score (nSPS) is 21.2. The summed E-state index contributed by atoms with van der Waals surface area (Å²) in [5.74, 6) is -2.22. The maximum atomic E-state index is 14.1. The van der Waals surface area contributed by atoms with E-state index in [0.29, 0.717) is 54.1 Å². The third kappa shape index (κ3) is 12.5. The Morgan fingerprint density at radius 2 is 1.73 bits per heavy atom. The van der Waals surface area contributed by atoms with E-state index in [1.165, 1.54) is 4.90 Å². The Morgan fingerprint density at radius 3 is 2.39 bits per heavy atom. The number of aromatic nitrogens is 3. The second-order valence-corrected chi connectivity index (χ2v) is 20.9. The van der Waals surface area contributed by atoms with E-state index in [-0.39, 0.29) is 50.8 Å². The number of carbonyl (C=O) groups is 4. The van der Waals surface area contributed by atoms with Crippen molar-refractivity contribution >= 4 is 63.9 Å². The number of aliphatic hydroxyl groups excluding tert-OH is 1. The average Bonchev–Trinajstić information content (AvgIpc) is 4.19. The SMILES string of the molecule is Cc1ncsc1-c1ccc([C@H](C)NC(=O)[C@@H]2C[C@@H](O)CN2C(=O)[C@@H](NC(=O)COCC(=O)N2CCN(c3ccc(OC[C@H]4CO[C@](Cn5ccnc5)(c5ccc(Cl)cc5Cl)O4)cc3)CC2)C(C)(C)C)cc1. The topological polar surface area (TPSA) is 190 Å². The molecule has 0 aliphatic carbocycles. The largest absolute Gasteiger partial charge is 0.491 e. The van der Waals surface area contributed by atoms with Gasteiger partial charge in [0, 0.05) is 67.8 Å². The summed E-state index contributed by atoms with van der Waals surface area (Å²) in [6, 6.07) is 18.5. The number of anilines is 1. The molecule has 0 unspecified atom stereocenters. The molecule has 5 heterocycles. The van der Waals surface area contributed by atoms with Gasteiger partial charge in [-0.3, -0.25) is 19.2 Å². The zero-order chi connectivity index (χ0) is 50.5. The second-order valence-electron chi connectivity index (χ2n) is 19.2. The van der Waals surface area contributed by atoms with Gasteiger partial charge in [-0.15, -0.1) is 11.3 Å². The smallest absolute Gasteiger partial charge is 0.248 e. The Kier molecular flexibility index (Phi) is 16.4. The molecule has 3 saturated heterocycles. The van der Waals surface area contributed by atoms with Crippen molar-refractivity contribution < 1.29 is 43.2 Å². The third-order valence-corrected chi connectivity index (χ3v) is 14.5. The van der Waals surface area contributed by atoms with Crippen LogP contribution in [0.4, 0.5) is 5.69 Å². The van der Waals surface area contributed by atoms with Gasteiger partial charge >= 0.3 is 0 Å².